The zero-order valence-electron chi connectivity index (χ0n) is 20.3. The van der Waals surface area contributed by atoms with Crippen LogP contribution in [0.2, 0.25) is 0 Å². The zero-order valence-corrected chi connectivity index (χ0v) is 21.1. The lowest BCUT2D eigenvalue weighted by Gasteiger charge is -2.18. The van der Waals surface area contributed by atoms with Crippen molar-refractivity contribution in [2.75, 3.05) is 17.3 Å². The summed E-state index contributed by atoms with van der Waals surface area (Å²) in [6.45, 7) is 0. The van der Waals surface area contributed by atoms with Crippen molar-refractivity contribution in [3.63, 3.8) is 0 Å². The van der Waals surface area contributed by atoms with Gasteiger partial charge in [-0.3, -0.25) is 9.78 Å². The van der Waals surface area contributed by atoms with E-state index in [0.29, 0.717) is 23.1 Å². The number of benzene rings is 2. The number of para-hydroxylation sites is 1. The predicted octanol–water partition coefficient (Wildman–Crippen LogP) is 6.23. The lowest BCUT2D eigenvalue weighted by Crippen LogP contribution is -2.18. The van der Waals surface area contributed by atoms with Gasteiger partial charge in [-0.2, -0.15) is 0 Å². The topological polar surface area (TPSA) is 96.8 Å². The van der Waals surface area contributed by atoms with Crippen LogP contribution < -0.4 is 10.2 Å². The van der Waals surface area contributed by atoms with Crippen LogP contribution in [0.25, 0.3) is 32.2 Å². The number of fused-ring (bicyclic) bond motifs is 1. The Morgan fingerprint density at radius 1 is 0.842 bits per heavy atom. The quantitative estimate of drug-likeness (QED) is 0.281. The van der Waals surface area contributed by atoms with E-state index in [4.69, 9.17) is 9.97 Å². The molecule has 9 heteroatoms. The SMILES string of the molecule is CN(c1ccccn1)c1cc(C(=O)Nc2ccccc2-c2nc3ccncc3s2)nc(-c2ccccc2)n1. The van der Waals surface area contributed by atoms with Crippen molar-refractivity contribution in [2.45, 2.75) is 0 Å². The molecule has 0 aliphatic heterocycles. The van der Waals surface area contributed by atoms with Crippen LogP contribution in [-0.4, -0.2) is 37.9 Å². The molecule has 0 unspecified atom stereocenters. The number of thiazole rings is 1. The van der Waals surface area contributed by atoms with Gasteiger partial charge in [-0.25, -0.2) is 19.9 Å². The Kier molecular flexibility index (Phi) is 6.25. The van der Waals surface area contributed by atoms with Crippen molar-refractivity contribution in [1.29, 1.82) is 0 Å². The molecule has 0 aliphatic carbocycles. The van der Waals surface area contributed by atoms with Crippen molar-refractivity contribution < 1.29 is 4.79 Å². The molecule has 0 saturated carbocycles. The Morgan fingerprint density at radius 3 is 2.47 bits per heavy atom. The first-order chi connectivity index (χ1) is 18.7. The van der Waals surface area contributed by atoms with E-state index >= 15 is 0 Å². The normalized spacial score (nSPS) is 10.9. The molecule has 4 aromatic heterocycles. The van der Waals surface area contributed by atoms with Crippen molar-refractivity contribution >= 4 is 44.8 Å². The molecule has 4 heterocycles. The van der Waals surface area contributed by atoms with E-state index in [2.05, 4.69) is 20.3 Å². The Labute approximate surface area is 222 Å². The van der Waals surface area contributed by atoms with Crippen LogP contribution >= 0.6 is 11.3 Å². The van der Waals surface area contributed by atoms with Gasteiger partial charge in [0, 0.05) is 42.8 Å². The van der Waals surface area contributed by atoms with Crippen molar-refractivity contribution in [2.24, 2.45) is 0 Å². The maximum absolute atomic E-state index is 13.6. The van der Waals surface area contributed by atoms with E-state index in [1.807, 2.05) is 90.8 Å². The fraction of sp³-hybridized carbons (Fsp3) is 0.0345. The average molecular weight is 516 g/mol. The van der Waals surface area contributed by atoms with Gasteiger partial charge in [0.2, 0.25) is 0 Å². The fourth-order valence-electron chi connectivity index (χ4n) is 3.97. The monoisotopic (exact) mass is 515 g/mol. The number of hydrogen-bond acceptors (Lipinski definition) is 8. The van der Waals surface area contributed by atoms with Crippen LogP contribution in [0.1, 0.15) is 10.5 Å². The summed E-state index contributed by atoms with van der Waals surface area (Å²) in [5.41, 5.74) is 3.38. The number of carbonyl (C=O) groups excluding carboxylic acids is 1. The third kappa shape index (κ3) is 4.70. The van der Waals surface area contributed by atoms with E-state index in [9.17, 15) is 4.79 Å². The minimum Gasteiger partial charge on any atom is -0.320 e. The molecule has 184 valence electrons. The maximum Gasteiger partial charge on any atom is 0.274 e. The standard InChI is InChI=1S/C29H21N7OS/c1-36(25-13-7-8-15-31-25)26-17-23(32-27(35-26)19-9-3-2-4-10-19)28(37)33-21-12-6-5-11-20(21)29-34-22-14-16-30-18-24(22)38-29/h2-18H,1H3,(H,33,37). The second-order valence-corrected chi connectivity index (χ2v) is 9.44. The molecule has 1 N–H and O–H groups in total. The molecule has 0 fully saturated rings. The number of carbonyl (C=O) groups is 1. The highest BCUT2D eigenvalue weighted by molar-refractivity contribution is 7.21. The summed E-state index contributed by atoms with van der Waals surface area (Å²) in [6.07, 6.45) is 5.23. The second kappa shape index (κ2) is 10.2. The van der Waals surface area contributed by atoms with E-state index in [-0.39, 0.29) is 11.6 Å². The summed E-state index contributed by atoms with van der Waals surface area (Å²) in [5, 5.41) is 3.84. The van der Waals surface area contributed by atoms with Gasteiger partial charge in [0.25, 0.3) is 5.91 Å². The lowest BCUT2D eigenvalue weighted by atomic mass is 10.1. The molecule has 6 aromatic rings. The minimum atomic E-state index is -0.351. The number of nitrogens with one attached hydrogen (secondary N) is 1. The Hall–Kier alpha value is -5.02. The predicted molar refractivity (Wildman–Crippen MR) is 151 cm³/mol. The van der Waals surface area contributed by atoms with Crippen LogP contribution in [0.3, 0.4) is 0 Å². The third-order valence-corrected chi connectivity index (χ3v) is 6.95. The van der Waals surface area contributed by atoms with Gasteiger partial charge < -0.3 is 10.2 Å². The van der Waals surface area contributed by atoms with Gasteiger partial charge in [-0.15, -0.1) is 11.3 Å². The second-order valence-electron chi connectivity index (χ2n) is 8.41. The number of nitrogens with zero attached hydrogens (tertiary/aromatic N) is 6. The molecule has 0 aliphatic rings. The molecule has 38 heavy (non-hydrogen) atoms. The number of aromatic nitrogens is 5. The van der Waals surface area contributed by atoms with Crippen LogP contribution in [0.5, 0.6) is 0 Å². The molecule has 0 spiro atoms. The summed E-state index contributed by atoms with van der Waals surface area (Å²) >= 11 is 1.53. The van der Waals surface area contributed by atoms with Gasteiger partial charge in [-0.05, 0) is 30.3 Å². The number of pyridine rings is 2. The Bertz CT molecular complexity index is 1710. The zero-order chi connectivity index (χ0) is 25.9. The maximum atomic E-state index is 13.6. The summed E-state index contributed by atoms with van der Waals surface area (Å²) in [4.78, 5) is 38.1. The molecular weight excluding hydrogens is 494 g/mol. The highest BCUT2D eigenvalue weighted by Gasteiger charge is 2.18. The average Bonchev–Trinajstić information content (AvgIpc) is 3.42. The molecule has 0 saturated heterocycles. The number of amides is 1. The van der Waals surface area contributed by atoms with E-state index in [1.54, 1.807) is 24.7 Å². The summed E-state index contributed by atoms with van der Waals surface area (Å²) < 4.78 is 0.981. The molecule has 8 nitrogen and oxygen atoms in total. The van der Waals surface area contributed by atoms with E-state index in [0.717, 1.165) is 26.4 Å². The molecule has 6 rings (SSSR count). The third-order valence-electron chi connectivity index (χ3n) is 5.91. The summed E-state index contributed by atoms with van der Waals surface area (Å²) in [5.74, 6) is 1.35. The first-order valence-corrected chi connectivity index (χ1v) is 12.7. The van der Waals surface area contributed by atoms with Crippen LogP contribution in [0.15, 0.2) is 104 Å². The molecule has 0 radical (unpaired) electrons. The van der Waals surface area contributed by atoms with Gasteiger partial charge in [0.1, 0.15) is 22.3 Å². The Balaban J connectivity index is 1.38. The molecule has 1 amide bonds. The fourth-order valence-corrected chi connectivity index (χ4v) is 4.94. The van der Waals surface area contributed by atoms with E-state index in [1.165, 1.54) is 11.3 Å². The Morgan fingerprint density at radius 2 is 1.66 bits per heavy atom. The van der Waals surface area contributed by atoms with Gasteiger partial charge in [0.05, 0.1) is 15.9 Å². The lowest BCUT2D eigenvalue weighted by molar-refractivity contribution is 0.102. The molecular formula is C29H21N7OS. The highest BCUT2D eigenvalue weighted by atomic mass is 32.1. The van der Waals surface area contributed by atoms with Crippen LogP contribution in [0, 0.1) is 0 Å². The molecule has 0 atom stereocenters. The van der Waals surface area contributed by atoms with Crippen molar-refractivity contribution in [3.8, 4) is 22.0 Å². The van der Waals surface area contributed by atoms with Crippen molar-refractivity contribution in [3.05, 3.63) is 109 Å². The highest BCUT2D eigenvalue weighted by Crippen LogP contribution is 2.34. The smallest absolute Gasteiger partial charge is 0.274 e. The number of rotatable bonds is 6. The molecule has 0 bridgehead atoms. The van der Waals surface area contributed by atoms with Crippen LogP contribution in [-0.2, 0) is 0 Å². The van der Waals surface area contributed by atoms with E-state index < -0.39 is 0 Å². The summed E-state index contributed by atoms with van der Waals surface area (Å²) in [7, 11) is 1.86. The minimum absolute atomic E-state index is 0.236. The first-order valence-electron chi connectivity index (χ1n) is 11.9. The largest absolute Gasteiger partial charge is 0.320 e. The van der Waals surface area contributed by atoms with Crippen molar-refractivity contribution in [1.82, 2.24) is 24.9 Å². The van der Waals surface area contributed by atoms with Gasteiger partial charge in [-0.1, -0.05) is 48.5 Å². The van der Waals surface area contributed by atoms with Crippen LogP contribution in [0.4, 0.5) is 17.3 Å². The molecule has 2 aromatic carbocycles. The first kappa shape index (κ1) is 23.4. The summed E-state index contributed by atoms with van der Waals surface area (Å²) in [6, 6.07) is 26.4. The number of anilines is 3. The van der Waals surface area contributed by atoms with Gasteiger partial charge in [0.15, 0.2) is 5.82 Å². The number of hydrogen-bond donors (Lipinski definition) is 1. The van der Waals surface area contributed by atoms with Gasteiger partial charge >= 0.3 is 0 Å².